The average Bonchev–Trinajstić information content (AvgIpc) is 2.27. The molecule has 82 valence electrons. The maximum absolute atomic E-state index is 11.3. The Morgan fingerprint density at radius 1 is 1.13 bits per heavy atom. The smallest absolute Gasteiger partial charge is 0.373 e. The molecule has 0 amide bonds. The lowest BCUT2D eigenvalue weighted by atomic mass is 10.2. The van der Waals surface area contributed by atoms with Crippen LogP contribution in [0, 0.1) is 0 Å². The summed E-state index contributed by atoms with van der Waals surface area (Å²) in [5.41, 5.74) is 0.437. The van der Waals surface area contributed by atoms with E-state index in [1.165, 1.54) is 0 Å². The van der Waals surface area contributed by atoms with Crippen molar-refractivity contribution in [1.29, 1.82) is 0 Å². The van der Waals surface area contributed by atoms with Crippen molar-refractivity contribution in [1.82, 2.24) is 0 Å². The largest absolute Gasteiger partial charge is 0.494 e. The number of hydrogen-bond donors (Lipinski definition) is 0. The van der Waals surface area contributed by atoms with Crippen LogP contribution in [0.15, 0.2) is 24.3 Å². The van der Waals surface area contributed by atoms with Gasteiger partial charge in [0.05, 0.1) is 18.8 Å². The Bertz CT molecular complexity index is 305. The van der Waals surface area contributed by atoms with E-state index in [0.29, 0.717) is 18.8 Å². The maximum atomic E-state index is 11.3. The van der Waals surface area contributed by atoms with Gasteiger partial charge in [0.25, 0.3) is 0 Å². The molecule has 0 aliphatic heterocycles. The summed E-state index contributed by atoms with van der Waals surface area (Å²) >= 11 is 0. The third kappa shape index (κ3) is 3.59. The number of hydrogen-bond acceptors (Lipinski definition) is 4. The summed E-state index contributed by atoms with van der Waals surface area (Å²) in [7, 11) is 0. The van der Waals surface area contributed by atoms with Crippen molar-refractivity contribution in [2.45, 2.75) is 13.8 Å². The highest BCUT2D eigenvalue weighted by atomic mass is 17.2. The minimum absolute atomic E-state index is 0.336. The highest BCUT2D eigenvalue weighted by Crippen LogP contribution is 2.12. The average molecular weight is 210 g/mol. The normalized spacial score (nSPS) is 9.73. The Kier molecular flexibility index (Phi) is 4.63. The molecule has 4 heteroatoms. The zero-order valence-corrected chi connectivity index (χ0v) is 8.86. The number of rotatable bonds is 5. The first-order valence-corrected chi connectivity index (χ1v) is 4.84. The van der Waals surface area contributed by atoms with Gasteiger partial charge in [0.1, 0.15) is 5.75 Å². The van der Waals surface area contributed by atoms with E-state index in [1.807, 2.05) is 6.92 Å². The van der Waals surface area contributed by atoms with E-state index in [-0.39, 0.29) is 0 Å². The lowest BCUT2D eigenvalue weighted by Crippen LogP contribution is -2.05. The van der Waals surface area contributed by atoms with E-state index >= 15 is 0 Å². The van der Waals surface area contributed by atoms with Crippen LogP contribution in [-0.4, -0.2) is 19.2 Å². The zero-order valence-electron chi connectivity index (χ0n) is 8.86. The van der Waals surface area contributed by atoms with Crippen molar-refractivity contribution < 1.29 is 19.3 Å². The van der Waals surface area contributed by atoms with Crippen molar-refractivity contribution in [3.8, 4) is 5.75 Å². The van der Waals surface area contributed by atoms with Gasteiger partial charge in [0.2, 0.25) is 0 Å². The SMILES string of the molecule is CCOOC(=O)c1ccc(OCC)cc1. The molecule has 4 nitrogen and oxygen atoms in total. The molecule has 0 saturated carbocycles. The van der Waals surface area contributed by atoms with Crippen LogP contribution in [0.5, 0.6) is 5.75 Å². The molecule has 0 aromatic heterocycles. The lowest BCUT2D eigenvalue weighted by Gasteiger charge is -2.04. The number of carbonyl (C=O) groups is 1. The summed E-state index contributed by atoms with van der Waals surface area (Å²) in [6.07, 6.45) is 0. The Labute approximate surface area is 88.7 Å². The standard InChI is InChI=1S/C11H14O4/c1-3-13-10-7-5-9(6-8-10)11(12)15-14-4-2/h5-8H,3-4H2,1-2H3. The van der Waals surface area contributed by atoms with Crippen LogP contribution in [0.3, 0.4) is 0 Å². The lowest BCUT2D eigenvalue weighted by molar-refractivity contribution is -0.236. The second kappa shape index (κ2) is 6.03. The molecule has 1 aromatic carbocycles. The van der Waals surface area contributed by atoms with Crippen molar-refractivity contribution in [2.24, 2.45) is 0 Å². The topological polar surface area (TPSA) is 44.8 Å². The van der Waals surface area contributed by atoms with Crippen molar-refractivity contribution in [3.63, 3.8) is 0 Å². The van der Waals surface area contributed by atoms with Gasteiger partial charge < -0.3 is 4.74 Å². The molecule has 0 atom stereocenters. The van der Waals surface area contributed by atoms with E-state index < -0.39 is 5.97 Å². The third-order valence-electron chi connectivity index (χ3n) is 1.65. The Hall–Kier alpha value is -1.55. The minimum atomic E-state index is -0.500. The van der Waals surface area contributed by atoms with E-state index in [9.17, 15) is 4.79 Å². The summed E-state index contributed by atoms with van der Waals surface area (Å²) in [6, 6.07) is 6.69. The van der Waals surface area contributed by atoms with Gasteiger partial charge in [0.15, 0.2) is 0 Å². The fourth-order valence-electron chi connectivity index (χ4n) is 1.01. The summed E-state index contributed by atoms with van der Waals surface area (Å²) < 4.78 is 5.24. The second-order valence-electron chi connectivity index (χ2n) is 2.73. The van der Waals surface area contributed by atoms with Crippen LogP contribution < -0.4 is 4.74 Å². The summed E-state index contributed by atoms with van der Waals surface area (Å²) in [5.74, 6) is 0.227. The summed E-state index contributed by atoms with van der Waals surface area (Å²) in [6.45, 7) is 4.58. The van der Waals surface area contributed by atoms with Crippen LogP contribution in [0.1, 0.15) is 24.2 Å². The molecule has 0 aliphatic carbocycles. The molecule has 0 radical (unpaired) electrons. The van der Waals surface area contributed by atoms with Crippen LogP contribution in [0.4, 0.5) is 0 Å². The van der Waals surface area contributed by atoms with Crippen LogP contribution in [0.25, 0.3) is 0 Å². The van der Waals surface area contributed by atoms with E-state index in [1.54, 1.807) is 31.2 Å². The minimum Gasteiger partial charge on any atom is -0.494 e. The second-order valence-corrected chi connectivity index (χ2v) is 2.73. The molecule has 0 saturated heterocycles. The van der Waals surface area contributed by atoms with Crippen LogP contribution in [0.2, 0.25) is 0 Å². The van der Waals surface area contributed by atoms with Crippen molar-refractivity contribution >= 4 is 5.97 Å². The third-order valence-corrected chi connectivity index (χ3v) is 1.65. The fraction of sp³-hybridized carbons (Fsp3) is 0.364. The highest BCUT2D eigenvalue weighted by Gasteiger charge is 2.07. The monoisotopic (exact) mass is 210 g/mol. The van der Waals surface area contributed by atoms with Gasteiger partial charge in [-0.3, -0.25) is 4.89 Å². The van der Waals surface area contributed by atoms with Gasteiger partial charge in [0, 0.05) is 0 Å². The number of carbonyl (C=O) groups excluding carboxylic acids is 1. The van der Waals surface area contributed by atoms with Gasteiger partial charge in [-0.05, 0) is 38.1 Å². The quantitative estimate of drug-likeness (QED) is 0.552. The van der Waals surface area contributed by atoms with Gasteiger partial charge in [-0.2, -0.15) is 4.89 Å². The maximum Gasteiger partial charge on any atom is 0.373 e. The van der Waals surface area contributed by atoms with E-state index in [0.717, 1.165) is 5.75 Å². The van der Waals surface area contributed by atoms with Crippen LogP contribution in [-0.2, 0) is 9.78 Å². The van der Waals surface area contributed by atoms with Gasteiger partial charge in [-0.25, -0.2) is 4.79 Å². The van der Waals surface area contributed by atoms with E-state index in [4.69, 9.17) is 4.74 Å². The molecule has 0 fully saturated rings. The van der Waals surface area contributed by atoms with Gasteiger partial charge in [-0.15, -0.1) is 0 Å². The Balaban J connectivity index is 2.58. The first-order valence-electron chi connectivity index (χ1n) is 4.84. The fourth-order valence-corrected chi connectivity index (χ4v) is 1.01. The first-order chi connectivity index (χ1) is 7.27. The van der Waals surface area contributed by atoms with E-state index in [2.05, 4.69) is 9.78 Å². The molecule has 0 heterocycles. The molecule has 1 aromatic rings. The molecule has 0 spiro atoms. The molecule has 0 aliphatic rings. The summed E-state index contributed by atoms with van der Waals surface area (Å²) in [4.78, 5) is 20.3. The zero-order chi connectivity index (χ0) is 11.1. The summed E-state index contributed by atoms with van der Waals surface area (Å²) in [5, 5.41) is 0. The molecule has 0 bridgehead atoms. The molecule has 0 N–H and O–H groups in total. The molecular formula is C11H14O4. The van der Waals surface area contributed by atoms with Crippen LogP contribution >= 0.6 is 0 Å². The number of ether oxygens (including phenoxy) is 1. The van der Waals surface area contributed by atoms with Gasteiger partial charge in [-0.1, -0.05) is 0 Å². The Morgan fingerprint density at radius 2 is 1.80 bits per heavy atom. The molecule has 1 rings (SSSR count). The predicted octanol–water partition coefficient (Wildman–Crippen LogP) is 2.19. The Morgan fingerprint density at radius 3 is 2.33 bits per heavy atom. The first kappa shape index (κ1) is 11.5. The predicted molar refractivity (Wildman–Crippen MR) is 54.7 cm³/mol. The highest BCUT2D eigenvalue weighted by molar-refractivity contribution is 5.89. The number of benzene rings is 1. The van der Waals surface area contributed by atoms with Gasteiger partial charge >= 0.3 is 5.97 Å². The van der Waals surface area contributed by atoms with Crippen molar-refractivity contribution in [3.05, 3.63) is 29.8 Å². The molecule has 0 unspecified atom stereocenters. The molecular weight excluding hydrogens is 196 g/mol. The van der Waals surface area contributed by atoms with Crippen molar-refractivity contribution in [2.75, 3.05) is 13.2 Å². The molecule has 15 heavy (non-hydrogen) atoms.